The molecule has 0 unspecified atom stereocenters. The monoisotopic (exact) mass is 366 g/mol. The molecule has 0 amide bonds. The molecule has 24 heavy (non-hydrogen) atoms. The van der Waals surface area contributed by atoms with Gasteiger partial charge in [-0.1, -0.05) is 13.0 Å². The van der Waals surface area contributed by atoms with Crippen LogP contribution in [0.1, 0.15) is 33.3 Å². The number of hydrogen-bond acceptors (Lipinski definition) is 4. The highest BCUT2D eigenvalue weighted by atomic mass is 32.1. The van der Waals surface area contributed by atoms with Crippen LogP contribution in [-0.4, -0.2) is 18.2 Å². The average molecular weight is 366 g/mol. The summed E-state index contributed by atoms with van der Waals surface area (Å²) in [6, 6.07) is 4.44. The first-order valence-electron chi connectivity index (χ1n) is 7.42. The fraction of sp³-hybridized carbons (Fsp3) is 0.294. The van der Waals surface area contributed by atoms with E-state index in [0.717, 1.165) is 22.4 Å². The number of aryl methyl sites for hydroxylation is 2. The Hall–Kier alpha value is -1.99. The van der Waals surface area contributed by atoms with Crippen molar-refractivity contribution in [3.05, 3.63) is 45.6 Å². The lowest BCUT2D eigenvalue weighted by atomic mass is 10.1. The van der Waals surface area contributed by atoms with Crippen molar-refractivity contribution in [3.63, 3.8) is 0 Å². The molecule has 0 spiro atoms. The van der Waals surface area contributed by atoms with Gasteiger partial charge in [0.15, 0.2) is 5.11 Å². The number of rotatable bonds is 4. The molecule has 0 saturated heterocycles. The molecule has 0 aliphatic heterocycles. The summed E-state index contributed by atoms with van der Waals surface area (Å²) in [5.74, 6) is -0.746. The number of anilines is 2. The standard InChI is InChI=1S/C17H19FN2O2S2/c1-5-12-10(3)24-15(14(12)16(21)22-4)20-17(23)19-13-8-11(18)7-6-9(13)2/h6-8H,5H2,1-4H3,(H2,19,20,23). The second kappa shape index (κ2) is 7.72. The van der Waals surface area contributed by atoms with Crippen LogP contribution in [0.15, 0.2) is 18.2 Å². The van der Waals surface area contributed by atoms with Crippen LogP contribution in [0.2, 0.25) is 0 Å². The predicted molar refractivity (Wildman–Crippen MR) is 101 cm³/mol. The Bertz CT molecular complexity index is 787. The van der Waals surface area contributed by atoms with Crippen LogP contribution in [0.25, 0.3) is 0 Å². The Labute approximate surface area is 150 Å². The molecule has 0 saturated carbocycles. The van der Waals surface area contributed by atoms with Gasteiger partial charge in [0.05, 0.1) is 12.7 Å². The summed E-state index contributed by atoms with van der Waals surface area (Å²) in [5.41, 5.74) is 2.89. The molecule has 1 aromatic carbocycles. The largest absolute Gasteiger partial charge is 0.465 e. The van der Waals surface area contributed by atoms with Gasteiger partial charge in [0.2, 0.25) is 0 Å². The second-order valence-electron chi connectivity index (χ2n) is 5.22. The van der Waals surface area contributed by atoms with E-state index in [1.807, 2.05) is 20.8 Å². The molecule has 4 nitrogen and oxygen atoms in total. The van der Waals surface area contributed by atoms with E-state index in [4.69, 9.17) is 17.0 Å². The molecule has 1 aromatic heterocycles. The molecule has 0 atom stereocenters. The van der Waals surface area contributed by atoms with E-state index < -0.39 is 5.97 Å². The normalized spacial score (nSPS) is 10.4. The zero-order valence-corrected chi connectivity index (χ0v) is 15.6. The number of benzene rings is 1. The predicted octanol–water partition coefficient (Wildman–Crippen LogP) is 4.66. The minimum absolute atomic E-state index is 0.290. The zero-order chi connectivity index (χ0) is 17.9. The van der Waals surface area contributed by atoms with Crippen LogP contribution in [0, 0.1) is 19.7 Å². The maximum Gasteiger partial charge on any atom is 0.341 e. The second-order valence-corrected chi connectivity index (χ2v) is 6.86. The molecule has 128 valence electrons. The van der Waals surface area contributed by atoms with Crippen LogP contribution in [0.5, 0.6) is 0 Å². The number of hydrogen-bond donors (Lipinski definition) is 2. The van der Waals surface area contributed by atoms with Gasteiger partial charge in [-0.05, 0) is 55.7 Å². The molecule has 0 bridgehead atoms. The smallest absolute Gasteiger partial charge is 0.341 e. The average Bonchev–Trinajstić information content (AvgIpc) is 2.85. The van der Waals surface area contributed by atoms with E-state index in [1.165, 1.54) is 30.6 Å². The van der Waals surface area contributed by atoms with Crippen LogP contribution < -0.4 is 10.6 Å². The summed E-state index contributed by atoms with van der Waals surface area (Å²) in [6.07, 6.45) is 0.720. The number of thiophene rings is 1. The van der Waals surface area contributed by atoms with Crippen LogP contribution in [-0.2, 0) is 11.2 Å². The number of esters is 1. The van der Waals surface area contributed by atoms with Gasteiger partial charge in [-0.25, -0.2) is 9.18 Å². The minimum atomic E-state index is -0.400. The van der Waals surface area contributed by atoms with E-state index >= 15 is 0 Å². The Morgan fingerprint density at radius 3 is 2.67 bits per heavy atom. The highest BCUT2D eigenvalue weighted by Crippen LogP contribution is 2.34. The van der Waals surface area contributed by atoms with Gasteiger partial charge in [-0.2, -0.15) is 0 Å². The Morgan fingerprint density at radius 2 is 2.04 bits per heavy atom. The van der Waals surface area contributed by atoms with Crippen molar-refractivity contribution in [2.24, 2.45) is 0 Å². The fourth-order valence-electron chi connectivity index (χ4n) is 2.40. The minimum Gasteiger partial charge on any atom is -0.465 e. The summed E-state index contributed by atoms with van der Waals surface area (Å²) < 4.78 is 18.3. The lowest BCUT2D eigenvalue weighted by Crippen LogP contribution is -2.20. The van der Waals surface area contributed by atoms with Crippen LogP contribution in [0.3, 0.4) is 0 Å². The molecule has 2 aromatic rings. The van der Waals surface area contributed by atoms with E-state index in [0.29, 0.717) is 16.3 Å². The Balaban J connectivity index is 2.26. The zero-order valence-electron chi connectivity index (χ0n) is 14.0. The van der Waals surface area contributed by atoms with Crippen LogP contribution in [0.4, 0.5) is 15.1 Å². The molecular formula is C17H19FN2O2S2. The van der Waals surface area contributed by atoms with Gasteiger partial charge in [-0.3, -0.25) is 0 Å². The summed E-state index contributed by atoms with van der Waals surface area (Å²) >= 11 is 6.74. The Kier molecular flexibility index (Phi) is 5.90. The van der Waals surface area contributed by atoms with Crippen molar-refractivity contribution in [2.45, 2.75) is 27.2 Å². The van der Waals surface area contributed by atoms with Crippen molar-refractivity contribution in [1.82, 2.24) is 0 Å². The van der Waals surface area contributed by atoms with E-state index in [2.05, 4.69) is 10.6 Å². The van der Waals surface area contributed by atoms with Gasteiger partial charge in [0, 0.05) is 10.6 Å². The van der Waals surface area contributed by atoms with Gasteiger partial charge >= 0.3 is 5.97 Å². The maximum absolute atomic E-state index is 13.4. The lowest BCUT2D eigenvalue weighted by molar-refractivity contribution is 0.0601. The van der Waals surface area contributed by atoms with Gasteiger partial charge in [-0.15, -0.1) is 11.3 Å². The quantitative estimate of drug-likeness (QED) is 0.609. The SMILES string of the molecule is CCc1c(C)sc(NC(=S)Nc2cc(F)ccc2C)c1C(=O)OC. The fourth-order valence-corrected chi connectivity index (χ4v) is 3.81. The van der Waals surface area contributed by atoms with Crippen molar-refractivity contribution >= 4 is 45.3 Å². The highest BCUT2D eigenvalue weighted by Gasteiger charge is 2.22. The van der Waals surface area contributed by atoms with E-state index in [1.54, 1.807) is 6.07 Å². The molecular weight excluding hydrogens is 347 g/mol. The number of carbonyl (C=O) groups excluding carboxylic acids is 1. The van der Waals surface area contributed by atoms with Crippen molar-refractivity contribution < 1.29 is 13.9 Å². The third-order valence-corrected chi connectivity index (χ3v) is 4.89. The van der Waals surface area contributed by atoms with Gasteiger partial charge in [0.25, 0.3) is 0 Å². The topological polar surface area (TPSA) is 50.4 Å². The van der Waals surface area contributed by atoms with E-state index in [-0.39, 0.29) is 10.9 Å². The molecule has 1 heterocycles. The maximum atomic E-state index is 13.4. The summed E-state index contributed by atoms with van der Waals surface area (Å²) in [4.78, 5) is 13.1. The van der Waals surface area contributed by atoms with Crippen molar-refractivity contribution in [3.8, 4) is 0 Å². The molecule has 2 rings (SSSR count). The molecule has 7 heteroatoms. The molecule has 0 radical (unpaired) electrons. The summed E-state index contributed by atoms with van der Waals surface area (Å²) in [7, 11) is 1.35. The Morgan fingerprint density at radius 1 is 1.33 bits per heavy atom. The number of ether oxygens (including phenoxy) is 1. The lowest BCUT2D eigenvalue weighted by Gasteiger charge is -2.13. The first-order valence-corrected chi connectivity index (χ1v) is 8.64. The number of methoxy groups -OCH3 is 1. The summed E-state index contributed by atoms with van der Waals surface area (Å²) in [5, 5.41) is 6.91. The molecule has 2 N–H and O–H groups in total. The van der Waals surface area contributed by atoms with Crippen LogP contribution >= 0.6 is 23.6 Å². The first kappa shape index (κ1) is 18.4. The number of thiocarbonyl (C=S) groups is 1. The van der Waals surface area contributed by atoms with Crippen molar-refractivity contribution in [1.29, 1.82) is 0 Å². The van der Waals surface area contributed by atoms with Crippen molar-refractivity contribution in [2.75, 3.05) is 17.7 Å². The number of nitrogens with one attached hydrogen (secondary N) is 2. The first-order chi connectivity index (χ1) is 11.4. The van der Waals surface area contributed by atoms with E-state index in [9.17, 15) is 9.18 Å². The number of halogens is 1. The van der Waals surface area contributed by atoms with Gasteiger partial charge < -0.3 is 15.4 Å². The number of carbonyl (C=O) groups is 1. The highest BCUT2D eigenvalue weighted by molar-refractivity contribution is 7.80. The molecule has 0 aliphatic carbocycles. The third-order valence-electron chi connectivity index (χ3n) is 3.63. The van der Waals surface area contributed by atoms with Gasteiger partial charge in [0.1, 0.15) is 10.8 Å². The molecule has 0 aliphatic rings. The third kappa shape index (κ3) is 3.91. The molecule has 0 fully saturated rings. The summed E-state index contributed by atoms with van der Waals surface area (Å²) in [6.45, 7) is 5.79.